The van der Waals surface area contributed by atoms with E-state index in [0.717, 1.165) is 19.6 Å². The third kappa shape index (κ3) is 3.19. The highest BCUT2D eigenvalue weighted by Crippen LogP contribution is 2.34. The Hall–Kier alpha value is -2.78. The predicted octanol–water partition coefficient (Wildman–Crippen LogP) is 1.25. The molecule has 10 heteroatoms. The molecule has 2 rings (SSSR count). The first kappa shape index (κ1) is 20.5. The molecule has 0 radical (unpaired) electrons. The van der Waals surface area contributed by atoms with E-state index in [1.807, 2.05) is 0 Å². The van der Waals surface area contributed by atoms with Crippen LogP contribution in [0.1, 0.15) is 59.8 Å². The number of carbonyl (C=O) groups is 6. The van der Waals surface area contributed by atoms with Gasteiger partial charge in [-0.05, 0) is 0 Å². The average molecular weight is 380 g/mol. The number of rotatable bonds is 4. The van der Waals surface area contributed by atoms with E-state index in [4.69, 9.17) is 0 Å². The number of imide groups is 4. The fourth-order valence-electron chi connectivity index (χ4n) is 3.36. The highest BCUT2D eigenvalue weighted by atomic mass is 16.2. The number of urea groups is 2. The van der Waals surface area contributed by atoms with Crippen molar-refractivity contribution >= 4 is 35.7 Å². The van der Waals surface area contributed by atoms with E-state index in [-0.39, 0.29) is 32.1 Å². The number of carbonyl (C=O) groups excluding carboxylic acids is 6. The van der Waals surface area contributed by atoms with Crippen molar-refractivity contribution in [2.75, 3.05) is 0 Å². The first-order chi connectivity index (χ1) is 12.7. The van der Waals surface area contributed by atoms with Gasteiger partial charge in [0, 0.05) is 32.1 Å². The third-order valence-corrected chi connectivity index (χ3v) is 4.72. The van der Waals surface area contributed by atoms with Crippen molar-refractivity contribution in [2.24, 2.45) is 0 Å². The maximum Gasteiger partial charge on any atom is 0.336 e. The van der Waals surface area contributed by atoms with Crippen LogP contribution in [0.2, 0.25) is 0 Å². The lowest BCUT2D eigenvalue weighted by molar-refractivity contribution is -0.159. The van der Waals surface area contributed by atoms with Crippen LogP contribution in [0.25, 0.3) is 0 Å². The van der Waals surface area contributed by atoms with Gasteiger partial charge in [0.2, 0.25) is 23.6 Å². The number of amides is 8. The van der Waals surface area contributed by atoms with Crippen molar-refractivity contribution in [3.05, 3.63) is 0 Å². The van der Waals surface area contributed by atoms with E-state index in [9.17, 15) is 28.8 Å². The molecule has 0 N–H and O–H groups in total. The van der Waals surface area contributed by atoms with E-state index in [2.05, 4.69) is 0 Å². The van der Waals surface area contributed by atoms with Crippen LogP contribution in [0, 0.1) is 0 Å². The first-order valence-corrected chi connectivity index (χ1v) is 9.11. The molecular weight excluding hydrogens is 356 g/mol. The second kappa shape index (κ2) is 7.85. The van der Waals surface area contributed by atoms with Gasteiger partial charge in [-0.1, -0.05) is 27.7 Å². The molecule has 0 atom stereocenters. The number of nitrogens with zero attached hydrogens (tertiary/aromatic N) is 4. The highest BCUT2D eigenvalue weighted by Gasteiger charge is 2.57. The van der Waals surface area contributed by atoms with E-state index < -0.39 is 48.0 Å². The second-order valence-corrected chi connectivity index (χ2v) is 6.23. The first-order valence-electron chi connectivity index (χ1n) is 9.11. The van der Waals surface area contributed by atoms with Crippen molar-refractivity contribution in [3.8, 4) is 0 Å². The van der Waals surface area contributed by atoms with Crippen LogP contribution in [0.4, 0.5) is 9.59 Å². The van der Waals surface area contributed by atoms with E-state index in [1.165, 1.54) is 27.7 Å². The lowest BCUT2D eigenvalue weighted by Crippen LogP contribution is -2.77. The van der Waals surface area contributed by atoms with Gasteiger partial charge in [-0.3, -0.25) is 19.2 Å². The minimum Gasteiger partial charge on any atom is -0.274 e. The van der Waals surface area contributed by atoms with Crippen LogP contribution in [0.3, 0.4) is 0 Å². The summed E-state index contributed by atoms with van der Waals surface area (Å²) in [6.07, 6.45) is -2.52. The SMILES string of the molecule is CCC(=O)N1C(=O)N(C(=O)CC)C2CC1N(C(=O)CC)C(=O)N2C(=O)CC. The molecule has 2 bridgehead atoms. The third-order valence-electron chi connectivity index (χ3n) is 4.72. The van der Waals surface area contributed by atoms with Crippen molar-refractivity contribution in [3.63, 3.8) is 0 Å². The predicted molar refractivity (Wildman–Crippen MR) is 91.5 cm³/mol. The van der Waals surface area contributed by atoms with Gasteiger partial charge in [0.1, 0.15) is 12.3 Å². The highest BCUT2D eigenvalue weighted by molar-refractivity contribution is 6.09. The zero-order chi connectivity index (χ0) is 20.5. The molecule has 2 aliphatic heterocycles. The van der Waals surface area contributed by atoms with Gasteiger partial charge in [0.15, 0.2) is 0 Å². The van der Waals surface area contributed by atoms with Crippen LogP contribution >= 0.6 is 0 Å². The van der Waals surface area contributed by atoms with E-state index in [1.54, 1.807) is 0 Å². The molecule has 10 nitrogen and oxygen atoms in total. The van der Waals surface area contributed by atoms with Gasteiger partial charge in [-0.15, -0.1) is 0 Å². The Morgan fingerprint density at radius 1 is 0.630 bits per heavy atom. The van der Waals surface area contributed by atoms with Crippen molar-refractivity contribution in [1.82, 2.24) is 19.6 Å². The van der Waals surface area contributed by atoms with Crippen LogP contribution in [0.15, 0.2) is 0 Å². The van der Waals surface area contributed by atoms with Gasteiger partial charge in [-0.2, -0.15) is 0 Å². The standard InChI is InChI=1S/C17H24N4O6/c1-5-12(22)18-10-9-11(20(16(18)26)14(24)7-3)21(15(25)8-4)17(27)19(10)13(23)6-2/h10-11H,5-9H2,1-4H3. The number of hydrogen-bond acceptors (Lipinski definition) is 6. The maximum atomic E-state index is 13.0. The lowest BCUT2D eigenvalue weighted by Gasteiger charge is -2.53. The normalized spacial score (nSPS) is 22.2. The minimum absolute atomic E-state index is 0.0407. The number of fused-ring (bicyclic) bond motifs is 2. The van der Waals surface area contributed by atoms with E-state index in [0.29, 0.717) is 0 Å². The molecule has 0 aliphatic carbocycles. The van der Waals surface area contributed by atoms with Gasteiger partial charge < -0.3 is 0 Å². The van der Waals surface area contributed by atoms with Crippen LogP contribution in [-0.2, 0) is 19.2 Å². The molecule has 0 saturated carbocycles. The molecule has 0 spiro atoms. The molecule has 8 amide bonds. The Kier molecular flexibility index (Phi) is 5.97. The Morgan fingerprint density at radius 3 is 1.04 bits per heavy atom. The van der Waals surface area contributed by atoms with Crippen molar-refractivity contribution < 1.29 is 28.8 Å². The van der Waals surface area contributed by atoms with Crippen LogP contribution in [0.5, 0.6) is 0 Å². The van der Waals surface area contributed by atoms with E-state index >= 15 is 0 Å². The molecule has 2 saturated heterocycles. The fourth-order valence-corrected chi connectivity index (χ4v) is 3.36. The van der Waals surface area contributed by atoms with Crippen molar-refractivity contribution in [2.45, 2.75) is 72.1 Å². The average Bonchev–Trinajstić information content (AvgIpc) is 2.66. The van der Waals surface area contributed by atoms with Crippen molar-refractivity contribution in [1.29, 1.82) is 0 Å². The lowest BCUT2D eigenvalue weighted by atomic mass is 10.0. The molecule has 0 unspecified atom stereocenters. The largest absolute Gasteiger partial charge is 0.336 e. The zero-order valence-corrected chi connectivity index (χ0v) is 15.9. The Labute approximate surface area is 157 Å². The Bertz CT molecular complexity index is 596. The summed E-state index contributed by atoms with van der Waals surface area (Å²) in [5.41, 5.74) is 0. The zero-order valence-electron chi connectivity index (χ0n) is 15.9. The smallest absolute Gasteiger partial charge is 0.274 e. The van der Waals surface area contributed by atoms with Gasteiger partial charge in [0.25, 0.3) is 0 Å². The topological polar surface area (TPSA) is 115 Å². The number of hydrogen-bond donors (Lipinski definition) is 0. The summed E-state index contributed by atoms with van der Waals surface area (Å²) in [6, 6.07) is -1.82. The Morgan fingerprint density at radius 2 is 0.852 bits per heavy atom. The molecular formula is C17H24N4O6. The summed E-state index contributed by atoms with van der Waals surface area (Å²) in [4.78, 5) is 78.8. The van der Waals surface area contributed by atoms with Gasteiger partial charge >= 0.3 is 12.1 Å². The van der Waals surface area contributed by atoms with Gasteiger partial charge in [-0.25, -0.2) is 29.2 Å². The quantitative estimate of drug-likeness (QED) is 0.725. The summed E-state index contributed by atoms with van der Waals surface area (Å²) >= 11 is 0. The monoisotopic (exact) mass is 380 g/mol. The molecule has 0 aromatic heterocycles. The molecule has 2 heterocycles. The molecule has 0 aromatic carbocycles. The molecule has 0 aromatic rings. The maximum absolute atomic E-state index is 13.0. The molecule has 148 valence electrons. The molecule has 2 fully saturated rings. The summed E-state index contributed by atoms with van der Waals surface area (Å²) in [5, 5.41) is 0. The molecule has 2 aliphatic rings. The minimum atomic E-state index is -1.14. The van der Waals surface area contributed by atoms with Crippen LogP contribution < -0.4 is 0 Å². The van der Waals surface area contributed by atoms with Crippen LogP contribution in [-0.4, -0.2) is 67.6 Å². The fraction of sp³-hybridized carbons (Fsp3) is 0.647. The Balaban J connectivity index is 2.64. The second-order valence-electron chi connectivity index (χ2n) is 6.23. The molecule has 27 heavy (non-hydrogen) atoms. The summed E-state index contributed by atoms with van der Waals surface area (Å²) in [7, 11) is 0. The summed E-state index contributed by atoms with van der Waals surface area (Å²) in [5.74, 6) is -2.41. The van der Waals surface area contributed by atoms with Gasteiger partial charge in [0.05, 0.1) is 0 Å². The summed E-state index contributed by atoms with van der Waals surface area (Å²) in [6.45, 7) is 6.16. The summed E-state index contributed by atoms with van der Waals surface area (Å²) < 4.78 is 0.